The third kappa shape index (κ3) is 5.19. The lowest BCUT2D eigenvalue weighted by atomic mass is 9.92. The van der Waals surface area contributed by atoms with E-state index < -0.39 is 5.67 Å². The molecule has 1 nitrogen and oxygen atoms in total. The van der Waals surface area contributed by atoms with E-state index in [1.165, 1.54) is 6.92 Å². The maximum Gasteiger partial charge on any atom is 0.131 e. The normalized spacial score (nSPS) is 19.4. The zero-order valence-corrected chi connectivity index (χ0v) is 7.73. The lowest BCUT2D eigenvalue weighted by Gasteiger charge is -2.21. The molecule has 0 spiro atoms. The van der Waals surface area contributed by atoms with Crippen LogP contribution in [0.2, 0.25) is 0 Å². The molecule has 0 bridgehead atoms. The topological polar surface area (TPSA) is 20.2 Å². The number of hydrogen-bond donors (Lipinski definition) is 1. The van der Waals surface area contributed by atoms with Crippen LogP contribution in [0, 0.1) is 5.92 Å². The van der Waals surface area contributed by atoms with Crippen LogP contribution in [0.5, 0.6) is 0 Å². The third-order valence-corrected chi connectivity index (χ3v) is 1.89. The first-order chi connectivity index (χ1) is 5.02. The highest BCUT2D eigenvalue weighted by molar-refractivity contribution is 4.74. The van der Waals surface area contributed by atoms with Gasteiger partial charge in [-0.15, -0.1) is 0 Å². The Kier molecular flexibility index (Phi) is 4.66. The van der Waals surface area contributed by atoms with Gasteiger partial charge in [-0.25, -0.2) is 4.39 Å². The number of alkyl halides is 1. The second-order valence-corrected chi connectivity index (χ2v) is 3.67. The molecule has 0 amide bonds. The molecule has 0 aromatic carbocycles. The summed E-state index contributed by atoms with van der Waals surface area (Å²) in [4.78, 5) is 0. The van der Waals surface area contributed by atoms with Crippen LogP contribution in [0.3, 0.4) is 0 Å². The largest absolute Gasteiger partial charge is 0.393 e. The minimum atomic E-state index is -1.38. The van der Waals surface area contributed by atoms with Gasteiger partial charge in [0.15, 0.2) is 0 Å². The lowest BCUT2D eigenvalue weighted by molar-refractivity contribution is 0.0645. The van der Waals surface area contributed by atoms with Gasteiger partial charge >= 0.3 is 0 Å². The Morgan fingerprint density at radius 1 is 1.55 bits per heavy atom. The number of rotatable bonds is 5. The van der Waals surface area contributed by atoms with Crippen molar-refractivity contribution in [2.24, 2.45) is 5.92 Å². The van der Waals surface area contributed by atoms with Gasteiger partial charge in [-0.2, -0.15) is 0 Å². The van der Waals surface area contributed by atoms with Crippen molar-refractivity contribution in [2.75, 3.05) is 6.61 Å². The predicted octanol–water partition coefficient (Wildman–Crippen LogP) is 2.53. The van der Waals surface area contributed by atoms with Crippen molar-refractivity contribution in [3.63, 3.8) is 0 Å². The number of aliphatic hydroxyl groups excluding tert-OH is 1. The Balaban J connectivity index is 3.64. The van der Waals surface area contributed by atoms with E-state index in [0.29, 0.717) is 12.3 Å². The van der Waals surface area contributed by atoms with Gasteiger partial charge in [-0.05, 0) is 19.3 Å². The number of aliphatic hydroxyl groups is 1. The van der Waals surface area contributed by atoms with E-state index in [-0.39, 0.29) is 6.61 Å². The average molecular weight is 162 g/mol. The van der Waals surface area contributed by atoms with Gasteiger partial charge in [-0.3, -0.25) is 0 Å². The zero-order chi connectivity index (χ0) is 8.91. The number of hydrogen-bond acceptors (Lipinski definition) is 1. The Morgan fingerprint density at radius 3 is 2.45 bits per heavy atom. The second-order valence-electron chi connectivity index (χ2n) is 3.67. The molecule has 68 valence electrons. The molecule has 0 radical (unpaired) electrons. The van der Waals surface area contributed by atoms with E-state index in [1.807, 2.05) is 6.92 Å². The first kappa shape index (κ1) is 10.9. The molecule has 0 saturated heterocycles. The maximum absolute atomic E-state index is 13.1. The van der Waals surface area contributed by atoms with Crippen molar-refractivity contribution < 1.29 is 9.50 Å². The maximum atomic E-state index is 13.1. The molecule has 0 aliphatic carbocycles. The standard InChI is InChI=1S/C9H19FO/c1-4-5-8(2)6-9(3,10)7-11/h8,11H,4-7H2,1-3H3. The van der Waals surface area contributed by atoms with Crippen LogP contribution in [0.4, 0.5) is 4.39 Å². The molecule has 1 N–H and O–H groups in total. The number of halogens is 1. The average Bonchev–Trinajstić information content (AvgIpc) is 1.87. The monoisotopic (exact) mass is 162 g/mol. The summed E-state index contributed by atoms with van der Waals surface area (Å²) in [5.74, 6) is 0.377. The third-order valence-electron chi connectivity index (χ3n) is 1.89. The van der Waals surface area contributed by atoms with Gasteiger partial charge in [0.25, 0.3) is 0 Å². The Morgan fingerprint density at radius 2 is 2.09 bits per heavy atom. The molecule has 2 atom stereocenters. The molecule has 2 unspecified atom stereocenters. The summed E-state index contributed by atoms with van der Waals surface area (Å²) >= 11 is 0. The van der Waals surface area contributed by atoms with E-state index in [0.717, 1.165) is 12.8 Å². The first-order valence-electron chi connectivity index (χ1n) is 4.31. The summed E-state index contributed by atoms with van der Waals surface area (Å²) in [5.41, 5.74) is -1.38. The zero-order valence-electron chi connectivity index (χ0n) is 7.73. The van der Waals surface area contributed by atoms with Crippen molar-refractivity contribution in [3.8, 4) is 0 Å². The molecule has 0 aromatic heterocycles. The first-order valence-corrected chi connectivity index (χ1v) is 4.31. The van der Waals surface area contributed by atoms with Crippen LogP contribution >= 0.6 is 0 Å². The Bertz CT molecular complexity index is 102. The fraction of sp³-hybridized carbons (Fsp3) is 1.00. The van der Waals surface area contributed by atoms with Gasteiger partial charge in [0.1, 0.15) is 5.67 Å². The molecule has 0 fully saturated rings. The van der Waals surface area contributed by atoms with Crippen molar-refractivity contribution in [2.45, 2.75) is 45.7 Å². The fourth-order valence-corrected chi connectivity index (χ4v) is 1.39. The van der Waals surface area contributed by atoms with E-state index in [2.05, 4.69) is 6.92 Å². The van der Waals surface area contributed by atoms with Gasteiger partial charge in [0.05, 0.1) is 6.61 Å². The summed E-state index contributed by atoms with van der Waals surface area (Å²) in [6.45, 7) is 5.21. The molecule has 0 aliphatic rings. The van der Waals surface area contributed by atoms with E-state index in [1.54, 1.807) is 0 Å². The van der Waals surface area contributed by atoms with Crippen LogP contribution in [0.15, 0.2) is 0 Å². The Hall–Kier alpha value is -0.110. The minimum Gasteiger partial charge on any atom is -0.393 e. The molecule has 0 rings (SSSR count). The SMILES string of the molecule is CCCC(C)CC(C)(F)CO. The van der Waals surface area contributed by atoms with Crippen molar-refractivity contribution >= 4 is 0 Å². The van der Waals surface area contributed by atoms with Crippen molar-refractivity contribution in [1.82, 2.24) is 0 Å². The van der Waals surface area contributed by atoms with Crippen LogP contribution in [-0.2, 0) is 0 Å². The van der Waals surface area contributed by atoms with E-state index >= 15 is 0 Å². The van der Waals surface area contributed by atoms with Gasteiger partial charge < -0.3 is 5.11 Å². The Labute approximate surface area is 68.6 Å². The van der Waals surface area contributed by atoms with Crippen LogP contribution < -0.4 is 0 Å². The molecule has 0 aliphatic heterocycles. The van der Waals surface area contributed by atoms with E-state index in [4.69, 9.17) is 5.11 Å². The van der Waals surface area contributed by atoms with Crippen molar-refractivity contribution in [3.05, 3.63) is 0 Å². The highest BCUT2D eigenvalue weighted by Crippen LogP contribution is 2.23. The molecule has 0 saturated carbocycles. The van der Waals surface area contributed by atoms with Gasteiger partial charge in [0.2, 0.25) is 0 Å². The molecule has 0 aromatic rings. The van der Waals surface area contributed by atoms with Gasteiger partial charge in [-0.1, -0.05) is 26.7 Å². The van der Waals surface area contributed by atoms with E-state index in [9.17, 15) is 4.39 Å². The smallest absolute Gasteiger partial charge is 0.131 e. The second kappa shape index (κ2) is 4.70. The fourth-order valence-electron chi connectivity index (χ4n) is 1.39. The summed E-state index contributed by atoms with van der Waals surface area (Å²) in [7, 11) is 0. The van der Waals surface area contributed by atoms with Crippen LogP contribution in [-0.4, -0.2) is 17.4 Å². The summed E-state index contributed by atoms with van der Waals surface area (Å²) in [5, 5.41) is 8.64. The minimum absolute atomic E-state index is 0.360. The predicted molar refractivity (Wildman–Crippen MR) is 45.3 cm³/mol. The van der Waals surface area contributed by atoms with Gasteiger partial charge in [0, 0.05) is 0 Å². The van der Waals surface area contributed by atoms with Crippen molar-refractivity contribution in [1.29, 1.82) is 0 Å². The summed E-state index contributed by atoms with van der Waals surface area (Å²) < 4.78 is 13.1. The molecule has 11 heavy (non-hydrogen) atoms. The quantitative estimate of drug-likeness (QED) is 0.658. The molecular formula is C9H19FO. The molecule has 2 heteroatoms. The molecular weight excluding hydrogens is 143 g/mol. The molecule has 0 heterocycles. The highest BCUT2D eigenvalue weighted by Gasteiger charge is 2.24. The summed E-state index contributed by atoms with van der Waals surface area (Å²) in [6.07, 6.45) is 2.60. The van der Waals surface area contributed by atoms with Crippen LogP contribution in [0.25, 0.3) is 0 Å². The summed E-state index contributed by atoms with van der Waals surface area (Å²) in [6, 6.07) is 0. The lowest BCUT2D eigenvalue weighted by Crippen LogP contribution is -2.25. The highest BCUT2D eigenvalue weighted by atomic mass is 19.1. The van der Waals surface area contributed by atoms with Crippen LogP contribution in [0.1, 0.15) is 40.0 Å².